The van der Waals surface area contributed by atoms with Crippen molar-refractivity contribution < 1.29 is 22.4 Å². The number of carbonyl (C=O) groups excluding carboxylic acids is 2. The summed E-state index contributed by atoms with van der Waals surface area (Å²) in [7, 11) is -3.98. The van der Waals surface area contributed by atoms with Crippen molar-refractivity contribution in [3.63, 3.8) is 0 Å². The van der Waals surface area contributed by atoms with Crippen molar-refractivity contribution in [3.8, 4) is 0 Å². The first-order chi connectivity index (χ1) is 14.3. The normalized spacial score (nSPS) is 15.1. The molecule has 0 aromatic heterocycles. The monoisotopic (exact) mass is 433 g/mol. The zero-order chi connectivity index (χ0) is 21.7. The lowest BCUT2D eigenvalue weighted by Crippen LogP contribution is -2.45. The van der Waals surface area contributed by atoms with E-state index in [2.05, 4.69) is 5.32 Å². The average molecular weight is 434 g/mol. The minimum absolute atomic E-state index is 0.0481. The molecule has 0 radical (unpaired) electrons. The summed E-state index contributed by atoms with van der Waals surface area (Å²) in [6.45, 7) is -0.359. The second kappa shape index (κ2) is 9.36. The fourth-order valence-corrected chi connectivity index (χ4v) is 5.22. The Kier molecular flexibility index (Phi) is 6.84. The Morgan fingerprint density at radius 2 is 1.60 bits per heavy atom. The van der Waals surface area contributed by atoms with Crippen LogP contribution in [0.2, 0.25) is 0 Å². The molecule has 0 bridgehead atoms. The molecular formula is C21H24FN3O4S. The van der Waals surface area contributed by atoms with Crippen LogP contribution in [0.15, 0.2) is 53.4 Å². The molecule has 160 valence electrons. The van der Waals surface area contributed by atoms with Crippen LogP contribution in [-0.2, 0) is 14.8 Å². The fourth-order valence-electron chi connectivity index (χ4n) is 3.58. The average Bonchev–Trinajstić information content (AvgIpc) is 2.73. The number of nitrogens with zero attached hydrogens (tertiary/aromatic N) is 1. The van der Waals surface area contributed by atoms with Gasteiger partial charge in [0, 0.05) is 17.3 Å². The Hall–Kier alpha value is -2.78. The van der Waals surface area contributed by atoms with E-state index in [4.69, 9.17) is 5.73 Å². The van der Waals surface area contributed by atoms with E-state index in [1.54, 1.807) is 0 Å². The number of nitrogens with two attached hydrogens (primary N) is 1. The zero-order valence-corrected chi connectivity index (χ0v) is 17.2. The highest BCUT2D eigenvalue weighted by Crippen LogP contribution is 2.28. The molecule has 2 amide bonds. The van der Waals surface area contributed by atoms with Gasteiger partial charge >= 0.3 is 0 Å². The van der Waals surface area contributed by atoms with Gasteiger partial charge in [-0.25, -0.2) is 12.8 Å². The van der Waals surface area contributed by atoms with Crippen molar-refractivity contribution in [3.05, 3.63) is 59.9 Å². The molecular weight excluding hydrogens is 409 g/mol. The van der Waals surface area contributed by atoms with Crippen LogP contribution in [0.5, 0.6) is 0 Å². The number of hydrogen-bond acceptors (Lipinski definition) is 4. The third-order valence-corrected chi connectivity index (χ3v) is 7.07. The molecule has 0 heterocycles. The van der Waals surface area contributed by atoms with E-state index >= 15 is 0 Å². The van der Waals surface area contributed by atoms with Crippen molar-refractivity contribution in [1.82, 2.24) is 4.31 Å². The molecule has 7 nitrogen and oxygen atoms in total. The summed E-state index contributed by atoms with van der Waals surface area (Å²) in [4.78, 5) is 23.8. The summed E-state index contributed by atoms with van der Waals surface area (Å²) in [5.74, 6) is -1.62. The maximum absolute atomic E-state index is 13.3. The largest absolute Gasteiger partial charge is 0.366 e. The number of rotatable bonds is 7. The molecule has 30 heavy (non-hydrogen) atoms. The molecule has 2 aromatic carbocycles. The minimum atomic E-state index is -3.98. The first kappa shape index (κ1) is 21.9. The maximum Gasteiger partial charge on any atom is 0.248 e. The molecule has 0 saturated heterocycles. The SMILES string of the molecule is NC(=O)c1ccc(NC(=O)CN(C2CCCCC2)S(=O)(=O)c2ccc(F)cc2)cc1. The summed E-state index contributed by atoms with van der Waals surface area (Å²) >= 11 is 0. The van der Waals surface area contributed by atoms with Crippen LogP contribution in [-0.4, -0.2) is 37.1 Å². The highest BCUT2D eigenvalue weighted by atomic mass is 32.2. The number of primary amides is 1. The van der Waals surface area contributed by atoms with Gasteiger partial charge in [-0.3, -0.25) is 9.59 Å². The van der Waals surface area contributed by atoms with Gasteiger partial charge < -0.3 is 11.1 Å². The lowest BCUT2D eigenvalue weighted by Gasteiger charge is -2.33. The number of nitrogens with one attached hydrogen (secondary N) is 1. The van der Waals surface area contributed by atoms with Crippen molar-refractivity contribution in [2.45, 2.75) is 43.0 Å². The van der Waals surface area contributed by atoms with Crippen LogP contribution in [0.4, 0.5) is 10.1 Å². The zero-order valence-electron chi connectivity index (χ0n) is 16.4. The summed E-state index contributed by atoms with van der Waals surface area (Å²) in [5.41, 5.74) is 5.93. The van der Waals surface area contributed by atoms with Gasteiger partial charge in [-0.15, -0.1) is 0 Å². The van der Waals surface area contributed by atoms with Crippen LogP contribution >= 0.6 is 0 Å². The van der Waals surface area contributed by atoms with Crippen LogP contribution < -0.4 is 11.1 Å². The lowest BCUT2D eigenvalue weighted by atomic mass is 9.95. The highest BCUT2D eigenvalue weighted by molar-refractivity contribution is 7.89. The van der Waals surface area contributed by atoms with E-state index in [1.807, 2.05) is 0 Å². The van der Waals surface area contributed by atoms with Crippen molar-refractivity contribution in [1.29, 1.82) is 0 Å². The number of halogens is 1. The fraction of sp³-hybridized carbons (Fsp3) is 0.333. The number of carbonyl (C=O) groups is 2. The molecule has 3 rings (SSSR count). The first-order valence-corrected chi connectivity index (χ1v) is 11.2. The standard InChI is InChI=1S/C21H24FN3O4S/c22-16-8-12-19(13-9-16)30(28,29)25(18-4-2-1-3-5-18)14-20(26)24-17-10-6-15(7-11-17)21(23)27/h6-13,18H,1-5,14H2,(H2,23,27)(H,24,26). The molecule has 3 N–H and O–H groups in total. The molecule has 0 atom stereocenters. The smallest absolute Gasteiger partial charge is 0.248 e. The highest BCUT2D eigenvalue weighted by Gasteiger charge is 2.34. The van der Waals surface area contributed by atoms with E-state index in [-0.39, 0.29) is 17.5 Å². The van der Waals surface area contributed by atoms with Gasteiger partial charge in [-0.2, -0.15) is 4.31 Å². The summed E-state index contributed by atoms with van der Waals surface area (Å²) < 4.78 is 40.9. The lowest BCUT2D eigenvalue weighted by molar-refractivity contribution is -0.116. The number of benzene rings is 2. The van der Waals surface area contributed by atoms with Gasteiger partial charge in [0.15, 0.2) is 0 Å². The summed E-state index contributed by atoms with van der Waals surface area (Å²) in [6, 6.07) is 10.3. The molecule has 1 fully saturated rings. The molecule has 1 saturated carbocycles. The molecule has 0 spiro atoms. The molecule has 0 unspecified atom stereocenters. The third kappa shape index (κ3) is 5.22. The number of hydrogen-bond donors (Lipinski definition) is 2. The maximum atomic E-state index is 13.3. The molecule has 1 aliphatic rings. The predicted molar refractivity (Wildman–Crippen MR) is 111 cm³/mol. The predicted octanol–water partition coefficient (Wildman–Crippen LogP) is 2.89. The number of sulfonamides is 1. The summed E-state index contributed by atoms with van der Waals surface area (Å²) in [6.07, 6.45) is 4.13. The molecule has 9 heteroatoms. The van der Waals surface area contributed by atoms with E-state index in [0.29, 0.717) is 24.1 Å². The van der Waals surface area contributed by atoms with E-state index in [1.165, 1.54) is 40.7 Å². The minimum Gasteiger partial charge on any atom is -0.366 e. The van der Waals surface area contributed by atoms with Gasteiger partial charge in [0.1, 0.15) is 5.82 Å². The summed E-state index contributed by atoms with van der Waals surface area (Å²) in [5, 5.41) is 2.65. The quantitative estimate of drug-likeness (QED) is 0.700. The Labute approximate surface area is 175 Å². The van der Waals surface area contributed by atoms with Gasteiger partial charge in [-0.05, 0) is 61.4 Å². The van der Waals surface area contributed by atoms with Crippen LogP contribution in [0.3, 0.4) is 0 Å². The first-order valence-electron chi connectivity index (χ1n) is 9.74. The molecule has 2 aromatic rings. The Morgan fingerprint density at radius 3 is 2.17 bits per heavy atom. The van der Waals surface area contributed by atoms with Gasteiger partial charge in [0.2, 0.25) is 21.8 Å². The molecule has 1 aliphatic carbocycles. The Morgan fingerprint density at radius 1 is 1.00 bits per heavy atom. The topological polar surface area (TPSA) is 110 Å². The van der Waals surface area contributed by atoms with Gasteiger partial charge in [-0.1, -0.05) is 19.3 Å². The van der Waals surface area contributed by atoms with Crippen molar-refractivity contribution >= 4 is 27.5 Å². The van der Waals surface area contributed by atoms with E-state index in [0.717, 1.165) is 31.4 Å². The Balaban J connectivity index is 1.80. The van der Waals surface area contributed by atoms with Gasteiger partial charge in [0.25, 0.3) is 0 Å². The third-order valence-electron chi connectivity index (χ3n) is 5.15. The van der Waals surface area contributed by atoms with E-state index in [9.17, 15) is 22.4 Å². The molecule has 0 aliphatic heterocycles. The number of amides is 2. The van der Waals surface area contributed by atoms with Crippen molar-refractivity contribution in [2.24, 2.45) is 5.73 Å². The van der Waals surface area contributed by atoms with E-state index < -0.39 is 27.7 Å². The second-order valence-electron chi connectivity index (χ2n) is 7.29. The number of anilines is 1. The van der Waals surface area contributed by atoms with Crippen molar-refractivity contribution in [2.75, 3.05) is 11.9 Å². The second-order valence-corrected chi connectivity index (χ2v) is 9.18. The van der Waals surface area contributed by atoms with Gasteiger partial charge in [0.05, 0.1) is 11.4 Å². The van der Waals surface area contributed by atoms with Crippen LogP contribution in [0.1, 0.15) is 42.5 Å². The van der Waals surface area contributed by atoms with Crippen LogP contribution in [0, 0.1) is 5.82 Å². The van der Waals surface area contributed by atoms with Crippen LogP contribution in [0.25, 0.3) is 0 Å². The Bertz CT molecular complexity index is 1000.